The number of hydrogen-bond donors (Lipinski definition) is 1. The Labute approximate surface area is 206 Å². The van der Waals surface area contributed by atoms with Crippen molar-refractivity contribution < 1.29 is 18.8 Å². The first-order valence-electron chi connectivity index (χ1n) is 11.5. The van der Waals surface area contributed by atoms with Gasteiger partial charge in [0.15, 0.2) is 12.4 Å². The van der Waals surface area contributed by atoms with Crippen LogP contribution >= 0.6 is 0 Å². The van der Waals surface area contributed by atoms with Gasteiger partial charge in [-0.2, -0.15) is 5.10 Å². The molecule has 0 saturated carbocycles. The normalized spacial score (nSPS) is 11.2. The molecule has 188 valence electrons. The van der Waals surface area contributed by atoms with E-state index in [9.17, 15) is 19.3 Å². The molecular weight excluding hydrogens is 469 g/mol. The summed E-state index contributed by atoms with van der Waals surface area (Å²) in [6.07, 6.45) is 1.49. The average molecular weight is 496 g/mol. The molecular formula is C24H26FN7O4. The first kappa shape index (κ1) is 24.8. The van der Waals surface area contributed by atoms with E-state index in [-0.39, 0.29) is 23.9 Å². The van der Waals surface area contributed by atoms with Gasteiger partial charge in [0.05, 0.1) is 16.0 Å². The summed E-state index contributed by atoms with van der Waals surface area (Å²) in [7, 11) is 0. The molecule has 2 aromatic heterocycles. The smallest absolute Gasteiger partial charge is 0.311 e. The van der Waals surface area contributed by atoms with Crippen molar-refractivity contribution in [3.8, 4) is 5.75 Å². The summed E-state index contributed by atoms with van der Waals surface area (Å²) in [5.74, 6) is -0.956. The number of nitro groups is 1. The van der Waals surface area contributed by atoms with Crippen molar-refractivity contribution in [3.05, 3.63) is 76.4 Å². The predicted octanol–water partition coefficient (Wildman–Crippen LogP) is 3.91. The van der Waals surface area contributed by atoms with Gasteiger partial charge in [-0.3, -0.25) is 20.2 Å². The van der Waals surface area contributed by atoms with Gasteiger partial charge in [-0.25, -0.2) is 14.1 Å². The average Bonchev–Trinajstić information content (AvgIpc) is 3.48. The highest BCUT2D eigenvalue weighted by Gasteiger charge is 2.18. The van der Waals surface area contributed by atoms with Crippen LogP contribution in [0.25, 0.3) is 11.0 Å². The molecule has 11 nitrogen and oxygen atoms in total. The fourth-order valence-corrected chi connectivity index (χ4v) is 3.79. The fraction of sp³-hybridized carbons (Fsp3) is 0.292. The number of para-hydroxylation sites is 2. The van der Waals surface area contributed by atoms with E-state index in [4.69, 9.17) is 4.74 Å². The summed E-state index contributed by atoms with van der Waals surface area (Å²) < 4.78 is 22.1. The molecule has 36 heavy (non-hydrogen) atoms. The number of nitro benzene ring substituents is 1. The van der Waals surface area contributed by atoms with Crippen LogP contribution in [-0.4, -0.2) is 54.7 Å². The van der Waals surface area contributed by atoms with Gasteiger partial charge >= 0.3 is 5.69 Å². The third-order valence-corrected chi connectivity index (χ3v) is 5.76. The van der Waals surface area contributed by atoms with E-state index in [1.165, 1.54) is 16.9 Å². The SMILES string of the molecule is CCN(CC)CCn1c(NC(=O)c2ccn(COc3cc(F)ccc3[N+](=O)[O-])n2)nc2ccccc21. The number of likely N-dealkylation sites (N-methyl/N-ethyl adjacent to an activating group) is 1. The van der Waals surface area contributed by atoms with Crippen molar-refractivity contribution in [2.75, 3.05) is 25.0 Å². The van der Waals surface area contributed by atoms with E-state index >= 15 is 0 Å². The largest absolute Gasteiger partial charge is 0.464 e. The van der Waals surface area contributed by atoms with Crippen molar-refractivity contribution in [3.63, 3.8) is 0 Å². The molecule has 0 aliphatic carbocycles. The lowest BCUT2D eigenvalue weighted by Gasteiger charge is -2.19. The number of imidazole rings is 1. The first-order chi connectivity index (χ1) is 17.4. The van der Waals surface area contributed by atoms with Crippen molar-refractivity contribution in [1.29, 1.82) is 0 Å². The van der Waals surface area contributed by atoms with Crippen LogP contribution in [0.5, 0.6) is 5.75 Å². The number of nitrogens with one attached hydrogen (secondary N) is 1. The molecule has 0 aliphatic rings. The van der Waals surface area contributed by atoms with E-state index in [2.05, 4.69) is 34.1 Å². The topological polar surface area (TPSA) is 120 Å². The summed E-state index contributed by atoms with van der Waals surface area (Å²) in [4.78, 5) is 30.3. The van der Waals surface area contributed by atoms with Gasteiger partial charge in [-0.15, -0.1) is 0 Å². The number of halogens is 1. The van der Waals surface area contributed by atoms with Crippen LogP contribution in [-0.2, 0) is 13.3 Å². The Kier molecular flexibility index (Phi) is 7.54. The molecule has 12 heteroatoms. The number of benzene rings is 2. The zero-order chi connectivity index (χ0) is 25.7. The lowest BCUT2D eigenvalue weighted by Crippen LogP contribution is -2.27. The second-order valence-corrected chi connectivity index (χ2v) is 7.94. The quantitative estimate of drug-likeness (QED) is 0.247. The predicted molar refractivity (Wildman–Crippen MR) is 131 cm³/mol. The standard InChI is InChI=1S/C24H26FN7O4/c1-3-29(4-2)13-14-31-20-8-6-5-7-18(20)26-24(31)27-23(33)19-11-12-30(28-19)16-36-22-15-17(25)9-10-21(22)32(34)35/h5-12,15H,3-4,13-14,16H2,1-2H3,(H,26,27,33). The Morgan fingerprint density at radius 3 is 2.72 bits per heavy atom. The molecule has 0 unspecified atom stereocenters. The van der Waals surface area contributed by atoms with Crippen LogP contribution in [0.2, 0.25) is 0 Å². The molecule has 0 bridgehead atoms. The van der Waals surface area contributed by atoms with Gasteiger partial charge < -0.3 is 14.2 Å². The monoisotopic (exact) mass is 495 g/mol. The third-order valence-electron chi connectivity index (χ3n) is 5.76. The molecule has 4 rings (SSSR count). The van der Waals surface area contributed by atoms with Crippen molar-refractivity contribution in [2.24, 2.45) is 0 Å². The maximum Gasteiger partial charge on any atom is 0.311 e. The van der Waals surface area contributed by atoms with E-state index in [1.54, 1.807) is 0 Å². The summed E-state index contributed by atoms with van der Waals surface area (Å²) >= 11 is 0. The number of aromatic nitrogens is 4. The molecule has 0 aliphatic heterocycles. The summed E-state index contributed by atoms with van der Waals surface area (Å²) in [6.45, 7) is 7.24. The second-order valence-electron chi connectivity index (χ2n) is 7.94. The lowest BCUT2D eigenvalue weighted by atomic mass is 10.3. The van der Waals surface area contributed by atoms with Crippen LogP contribution in [0.4, 0.5) is 16.0 Å². The number of hydrogen-bond acceptors (Lipinski definition) is 7. The Balaban J connectivity index is 1.48. The number of rotatable bonds is 11. The zero-order valence-corrected chi connectivity index (χ0v) is 19.9. The number of carbonyl (C=O) groups is 1. The number of anilines is 1. The summed E-state index contributed by atoms with van der Waals surface area (Å²) in [5, 5.41) is 18.1. The molecule has 2 heterocycles. The number of ether oxygens (including phenoxy) is 1. The van der Waals surface area contributed by atoms with Gasteiger partial charge in [-0.05, 0) is 37.4 Å². The van der Waals surface area contributed by atoms with E-state index in [0.717, 1.165) is 48.9 Å². The molecule has 0 fully saturated rings. The van der Waals surface area contributed by atoms with Crippen molar-refractivity contribution in [1.82, 2.24) is 24.2 Å². The molecule has 4 aromatic rings. The Morgan fingerprint density at radius 1 is 1.19 bits per heavy atom. The Bertz CT molecular complexity index is 1380. The molecule has 0 radical (unpaired) electrons. The zero-order valence-electron chi connectivity index (χ0n) is 19.9. The Hall–Kier alpha value is -4.32. The third kappa shape index (κ3) is 5.49. The number of amides is 1. The second kappa shape index (κ2) is 11.0. The van der Waals surface area contributed by atoms with Crippen LogP contribution < -0.4 is 10.1 Å². The minimum absolute atomic E-state index is 0.106. The van der Waals surface area contributed by atoms with E-state index in [0.29, 0.717) is 12.5 Å². The van der Waals surface area contributed by atoms with Gasteiger partial charge in [0.25, 0.3) is 5.91 Å². The molecule has 0 atom stereocenters. The maximum absolute atomic E-state index is 13.5. The highest BCUT2D eigenvalue weighted by atomic mass is 19.1. The van der Waals surface area contributed by atoms with Crippen molar-refractivity contribution >= 4 is 28.6 Å². The van der Waals surface area contributed by atoms with Crippen LogP contribution in [0.3, 0.4) is 0 Å². The van der Waals surface area contributed by atoms with Gasteiger partial charge in [0.1, 0.15) is 5.82 Å². The van der Waals surface area contributed by atoms with Crippen LogP contribution in [0.1, 0.15) is 24.3 Å². The molecule has 1 N–H and O–H groups in total. The van der Waals surface area contributed by atoms with Crippen molar-refractivity contribution in [2.45, 2.75) is 27.1 Å². The van der Waals surface area contributed by atoms with Gasteiger partial charge in [-0.1, -0.05) is 26.0 Å². The van der Waals surface area contributed by atoms with Crippen LogP contribution in [0, 0.1) is 15.9 Å². The highest BCUT2D eigenvalue weighted by molar-refractivity contribution is 6.02. The molecule has 1 amide bonds. The first-order valence-corrected chi connectivity index (χ1v) is 11.5. The molecule has 0 saturated heterocycles. The summed E-state index contributed by atoms with van der Waals surface area (Å²) in [6, 6.07) is 12.1. The lowest BCUT2D eigenvalue weighted by molar-refractivity contribution is -0.386. The van der Waals surface area contributed by atoms with Crippen LogP contribution in [0.15, 0.2) is 54.7 Å². The molecule has 0 spiro atoms. The maximum atomic E-state index is 13.5. The Morgan fingerprint density at radius 2 is 1.97 bits per heavy atom. The van der Waals surface area contributed by atoms with Gasteiger partial charge in [0.2, 0.25) is 11.7 Å². The minimum atomic E-state index is -0.667. The highest BCUT2D eigenvalue weighted by Crippen LogP contribution is 2.27. The number of carbonyl (C=O) groups excluding carboxylic acids is 1. The number of nitrogens with zero attached hydrogens (tertiary/aromatic N) is 6. The van der Waals surface area contributed by atoms with E-state index in [1.807, 2.05) is 28.8 Å². The molecule has 2 aromatic carbocycles. The van der Waals surface area contributed by atoms with Gasteiger partial charge in [0, 0.05) is 31.4 Å². The minimum Gasteiger partial charge on any atom is -0.464 e. The fourth-order valence-electron chi connectivity index (χ4n) is 3.79. The number of fused-ring (bicyclic) bond motifs is 1. The summed E-state index contributed by atoms with van der Waals surface area (Å²) in [5.41, 5.74) is 1.42. The van der Waals surface area contributed by atoms with E-state index < -0.39 is 16.6 Å².